The molecular formula is C19H14W. The molecule has 0 heterocycles. The van der Waals surface area contributed by atoms with Gasteiger partial charge in [-0.25, -0.2) is 11.1 Å². The maximum atomic E-state index is 3.35. The minimum absolute atomic E-state index is 0. The van der Waals surface area contributed by atoms with Crippen LogP contribution in [0.1, 0.15) is 5.56 Å². The molecule has 0 spiro atoms. The van der Waals surface area contributed by atoms with Crippen molar-refractivity contribution in [2.45, 2.75) is 6.92 Å². The Morgan fingerprint density at radius 1 is 0.800 bits per heavy atom. The molecule has 3 aromatic rings. The summed E-state index contributed by atoms with van der Waals surface area (Å²) in [4.78, 5) is 0. The van der Waals surface area contributed by atoms with E-state index in [4.69, 9.17) is 0 Å². The van der Waals surface area contributed by atoms with Crippen LogP contribution in [0.2, 0.25) is 0 Å². The number of hydrogen-bond donors (Lipinski definition) is 0. The Kier molecular flexibility index (Phi) is 4.93. The van der Waals surface area contributed by atoms with Crippen molar-refractivity contribution in [3.05, 3.63) is 84.4 Å². The zero-order valence-electron chi connectivity index (χ0n) is 11.3. The molecule has 0 aliphatic heterocycles. The predicted octanol–water partition coefficient (Wildman–Crippen LogP) is 4.93. The Morgan fingerprint density at radius 3 is 2.35 bits per heavy atom. The van der Waals surface area contributed by atoms with E-state index in [0.717, 1.165) is 11.1 Å². The Balaban J connectivity index is 0.00000147. The van der Waals surface area contributed by atoms with Crippen LogP contribution >= 0.6 is 0 Å². The van der Waals surface area contributed by atoms with Gasteiger partial charge in [-0.15, -0.1) is 29.3 Å². The van der Waals surface area contributed by atoms with Crippen molar-refractivity contribution in [2.75, 3.05) is 0 Å². The molecule has 96 valence electrons. The van der Waals surface area contributed by atoms with Gasteiger partial charge in [0.2, 0.25) is 0 Å². The molecule has 0 saturated heterocycles. The third-order valence-electron chi connectivity index (χ3n) is 3.17. The normalized spacial score (nSPS) is 9.85. The summed E-state index contributed by atoms with van der Waals surface area (Å²) in [7, 11) is 0. The molecule has 0 aromatic heterocycles. The summed E-state index contributed by atoms with van der Waals surface area (Å²) in [5, 5.41) is 0. The number of hydrogen-bond acceptors (Lipinski definition) is 0. The summed E-state index contributed by atoms with van der Waals surface area (Å²) >= 11 is 0. The zero-order chi connectivity index (χ0) is 13.1. The summed E-state index contributed by atoms with van der Waals surface area (Å²) in [6, 6.07) is 29.4. The summed E-state index contributed by atoms with van der Waals surface area (Å²) < 4.78 is 0. The second-order valence-electron chi connectivity index (χ2n) is 4.60. The smallest absolute Gasteiger partial charge is 0.225 e. The zero-order valence-corrected chi connectivity index (χ0v) is 14.2. The monoisotopic (exact) mass is 426 g/mol. The molecule has 0 bridgehead atoms. The van der Waals surface area contributed by atoms with Gasteiger partial charge in [0.15, 0.2) is 0 Å². The van der Waals surface area contributed by atoms with Gasteiger partial charge in [-0.3, -0.25) is 0 Å². The Bertz CT molecular complexity index is 687. The van der Waals surface area contributed by atoms with Gasteiger partial charge in [0.25, 0.3) is 0 Å². The van der Waals surface area contributed by atoms with E-state index in [0.29, 0.717) is 0 Å². The van der Waals surface area contributed by atoms with Crippen LogP contribution in [0.15, 0.2) is 66.7 Å². The second-order valence-corrected chi connectivity index (χ2v) is 4.60. The van der Waals surface area contributed by atoms with E-state index in [9.17, 15) is 0 Å². The maximum absolute atomic E-state index is 3.35. The number of rotatable bonds is 2. The van der Waals surface area contributed by atoms with Crippen LogP contribution in [0.4, 0.5) is 0 Å². The molecule has 0 saturated carbocycles. The average Bonchev–Trinajstić information content (AvgIpc) is 2.48. The first kappa shape index (κ1) is 14.8. The van der Waals surface area contributed by atoms with Crippen LogP contribution < -0.4 is 0 Å². The molecule has 0 amide bonds. The fourth-order valence-electron chi connectivity index (χ4n) is 2.24. The molecular weight excluding hydrogens is 412 g/mol. The SMILES string of the molecule is Cc1cc[c-]c(-c2[c-]cccc2-c2ccccc2)c1.[W+2]. The summed E-state index contributed by atoms with van der Waals surface area (Å²) in [6.45, 7) is 2.10. The second kappa shape index (κ2) is 6.68. The maximum Gasteiger partial charge on any atom is 2.00 e. The Morgan fingerprint density at radius 2 is 1.60 bits per heavy atom. The van der Waals surface area contributed by atoms with Crippen LogP contribution in [0, 0.1) is 19.1 Å². The molecule has 20 heavy (non-hydrogen) atoms. The molecule has 3 aromatic carbocycles. The molecule has 0 nitrogen and oxygen atoms in total. The van der Waals surface area contributed by atoms with Crippen LogP contribution in [0.5, 0.6) is 0 Å². The van der Waals surface area contributed by atoms with Gasteiger partial charge in [-0.05, 0) is 0 Å². The van der Waals surface area contributed by atoms with Crippen molar-refractivity contribution in [1.29, 1.82) is 0 Å². The van der Waals surface area contributed by atoms with Crippen LogP contribution in [-0.4, -0.2) is 0 Å². The fraction of sp³-hybridized carbons (Fsp3) is 0.0526. The van der Waals surface area contributed by atoms with Gasteiger partial charge in [0.1, 0.15) is 0 Å². The average molecular weight is 426 g/mol. The molecule has 0 radical (unpaired) electrons. The Labute approximate surface area is 134 Å². The number of aryl methyl sites for hydroxylation is 1. The van der Waals surface area contributed by atoms with Crippen molar-refractivity contribution in [1.82, 2.24) is 0 Å². The van der Waals surface area contributed by atoms with E-state index in [2.05, 4.69) is 61.5 Å². The first-order chi connectivity index (χ1) is 9.34. The third-order valence-corrected chi connectivity index (χ3v) is 3.17. The topological polar surface area (TPSA) is 0 Å². The van der Waals surface area contributed by atoms with Crippen molar-refractivity contribution >= 4 is 0 Å². The molecule has 0 N–H and O–H groups in total. The summed E-state index contributed by atoms with van der Waals surface area (Å²) in [5.74, 6) is 0. The third kappa shape index (κ3) is 3.08. The van der Waals surface area contributed by atoms with Gasteiger partial charge in [0, 0.05) is 0 Å². The van der Waals surface area contributed by atoms with E-state index in [1.54, 1.807) is 0 Å². The van der Waals surface area contributed by atoms with Gasteiger partial charge in [-0.1, -0.05) is 42.8 Å². The van der Waals surface area contributed by atoms with Crippen molar-refractivity contribution in [2.24, 2.45) is 0 Å². The molecule has 0 aliphatic carbocycles. The van der Waals surface area contributed by atoms with Crippen molar-refractivity contribution in [3.8, 4) is 22.3 Å². The van der Waals surface area contributed by atoms with E-state index >= 15 is 0 Å². The summed E-state index contributed by atoms with van der Waals surface area (Å²) in [6.07, 6.45) is 0. The fourth-order valence-corrected chi connectivity index (χ4v) is 2.24. The molecule has 0 unspecified atom stereocenters. The van der Waals surface area contributed by atoms with Crippen molar-refractivity contribution < 1.29 is 21.1 Å². The van der Waals surface area contributed by atoms with E-state index in [1.165, 1.54) is 16.7 Å². The van der Waals surface area contributed by atoms with Gasteiger partial charge < -0.3 is 0 Å². The van der Waals surface area contributed by atoms with Gasteiger partial charge >= 0.3 is 21.1 Å². The molecule has 0 atom stereocenters. The van der Waals surface area contributed by atoms with Gasteiger partial charge in [0.05, 0.1) is 0 Å². The quantitative estimate of drug-likeness (QED) is 0.511. The van der Waals surface area contributed by atoms with Crippen LogP contribution in [0.3, 0.4) is 0 Å². The standard InChI is InChI=1S/C19H14.W/c1-15-8-7-11-17(14-15)19-13-6-5-12-18(19)16-9-3-2-4-10-16;/h2-10,12,14H,1H3;/q-2;+2. The minimum atomic E-state index is 0. The molecule has 3 rings (SSSR count). The van der Waals surface area contributed by atoms with Gasteiger partial charge in [-0.2, -0.15) is 30.3 Å². The minimum Gasteiger partial charge on any atom is -0.225 e. The Hall–Kier alpha value is -1.65. The largest absolute Gasteiger partial charge is 2.00 e. The van der Waals surface area contributed by atoms with E-state index in [1.807, 2.05) is 24.3 Å². The number of benzene rings is 3. The van der Waals surface area contributed by atoms with Crippen LogP contribution in [0.25, 0.3) is 22.3 Å². The van der Waals surface area contributed by atoms with E-state index < -0.39 is 0 Å². The molecule has 0 aliphatic rings. The van der Waals surface area contributed by atoms with E-state index in [-0.39, 0.29) is 21.1 Å². The first-order valence-electron chi connectivity index (χ1n) is 6.39. The summed E-state index contributed by atoms with van der Waals surface area (Å²) in [5.41, 5.74) is 5.86. The first-order valence-corrected chi connectivity index (χ1v) is 6.39. The molecule has 0 fully saturated rings. The van der Waals surface area contributed by atoms with Crippen LogP contribution in [-0.2, 0) is 21.1 Å². The van der Waals surface area contributed by atoms with Crippen molar-refractivity contribution in [3.63, 3.8) is 0 Å². The predicted molar refractivity (Wildman–Crippen MR) is 79.7 cm³/mol. The molecule has 1 heteroatoms.